The average molecular weight is 283 g/mol. The number of hydrogen-bond acceptors (Lipinski definition) is 4. The quantitative estimate of drug-likeness (QED) is 0.868. The molecule has 17 heavy (non-hydrogen) atoms. The fourth-order valence-electron chi connectivity index (χ4n) is 1.80. The van der Waals surface area contributed by atoms with Crippen LogP contribution < -0.4 is 5.73 Å². The Labute approximate surface area is 114 Å². The average Bonchev–Trinajstić information content (AvgIpc) is 2.79. The SMILES string of the molecule is Cl.Cl.NCC1CN(CCn2cccn2)CCO1. The smallest absolute Gasteiger partial charge is 0.0824 e. The lowest BCUT2D eigenvalue weighted by Gasteiger charge is -2.32. The van der Waals surface area contributed by atoms with E-state index in [1.165, 1.54) is 0 Å². The molecular weight excluding hydrogens is 263 g/mol. The van der Waals surface area contributed by atoms with Gasteiger partial charge in [-0.05, 0) is 6.07 Å². The Balaban J connectivity index is 0.00000128. The molecule has 1 aliphatic rings. The molecule has 2 rings (SSSR count). The molecule has 1 aliphatic heterocycles. The highest BCUT2D eigenvalue weighted by atomic mass is 35.5. The molecule has 0 aromatic carbocycles. The number of rotatable bonds is 4. The molecule has 0 radical (unpaired) electrons. The Hall–Kier alpha value is -0.330. The third kappa shape index (κ3) is 5.23. The standard InChI is InChI=1S/C10H18N4O.2ClH/c11-8-10-9-13(6-7-15-10)4-5-14-3-1-2-12-14;;/h1-3,10H,4-9,11H2;2*1H. The van der Waals surface area contributed by atoms with E-state index in [4.69, 9.17) is 10.5 Å². The largest absolute Gasteiger partial charge is 0.374 e. The maximum Gasteiger partial charge on any atom is 0.0824 e. The number of morpholine rings is 1. The summed E-state index contributed by atoms with van der Waals surface area (Å²) >= 11 is 0. The van der Waals surface area contributed by atoms with Gasteiger partial charge in [0.2, 0.25) is 0 Å². The van der Waals surface area contributed by atoms with Gasteiger partial charge in [0.15, 0.2) is 0 Å². The van der Waals surface area contributed by atoms with E-state index in [0.29, 0.717) is 6.54 Å². The van der Waals surface area contributed by atoms with Crippen LogP contribution in [0.25, 0.3) is 0 Å². The van der Waals surface area contributed by atoms with E-state index in [1.807, 2.05) is 23.1 Å². The van der Waals surface area contributed by atoms with E-state index in [1.54, 1.807) is 0 Å². The number of halogens is 2. The van der Waals surface area contributed by atoms with Crippen LogP contribution >= 0.6 is 24.8 Å². The second-order valence-corrected chi connectivity index (χ2v) is 3.80. The lowest BCUT2D eigenvalue weighted by Crippen LogP contribution is -2.46. The summed E-state index contributed by atoms with van der Waals surface area (Å²) in [5, 5.41) is 4.17. The highest BCUT2D eigenvalue weighted by molar-refractivity contribution is 5.85. The molecule has 0 saturated carbocycles. The molecule has 0 amide bonds. The van der Waals surface area contributed by atoms with Crippen molar-refractivity contribution in [1.29, 1.82) is 0 Å². The van der Waals surface area contributed by atoms with Gasteiger partial charge in [-0.2, -0.15) is 5.10 Å². The van der Waals surface area contributed by atoms with E-state index in [2.05, 4.69) is 10.00 Å². The van der Waals surface area contributed by atoms with Crippen LogP contribution in [0.5, 0.6) is 0 Å². The van der Waals surface area contributed by atoms with Crippen LogP contribution in [0.15, 0.2) is 18.5 Å². The second-order valence-electron chi connectivity index (χ2n) is 3.80. The first kappa shape index (κ1) is 16.7. The van der Waals surface area contributed by atoms with Crippen molar-refractivity contribution in [3.63, 3.8) is 0 Å². The lowest BCUT2D eigenvalue weighted by atomic mass is 10.3. The van der Waals surface area contributed by atoms with E-state index >= 15 is 0 Å². The summed E-state index contributed by atoms with van der Waals surface area (Å²) < 4.78 is 7.46. The van der Waals surface area contributed by atoms with Crippen LogP contribution in [-0.2, 0) is 11.3 Å². The third-order valence-electron chi connectivity index (χ3n) is 2.69. The maximum absolute atomic E-state index is 5.59. The van der Waals surface area contributed by atoms with Crippen LogP contribution in [0, 0.1) is 0 Å². The molecule has 1 aromatic heterocycles. The van der Waals surface area contributed by atoms with Crippen LogP contribution in [0.2, 0.25) is 0 Å². The first-order valence-electron chi connectivity index (χ1n) is 5.40. The van der Waals surface area contributed by atoms with Crippen molar-refractivity contribution < 1.29 is 4.74 Å². The van der Waals surface area contributed by atoms with Crippen LogP contribution in [0.4, 0.5) is 0 Å². The van der Waals surface area contributed by atoms with Gasteiger partial charge in [-0.1, -0.05) is 0 Å². The highest BCUT2D eigenvalue weighted by Gasteiger charge is 2.18. The highest BCUT2D eigenvalue weighted by Crippen LogP contribution is 2.03. The first-order chi connectivity index (χ1) is 7.38. The number of ether oxygens (including phenoxy) is 1. The summed E-state index contributed by atoms with van der Waals surface area (Å²) in [4.78, 5) is 2.38. The Bertz CT molecular complexity index is 284. The van der Waals surface area contributed by atoms with Crippen molar-refractivity contribution >= 4 is 24.8 Å². The van der Waals surface area contributed by atoms with Crippen LogP contribution in [0.1, 0.15) is 0 Å². The lowest BCUT2D eigenvalue weighted by molar-refractivity contribution is -0.0242. The Kier molecular flexibility index (Phi) is 8.55. The molecule has 1 aromatic rings. The number of aromatic nitrogens is 2. The minimum Gasteiger partial charge on any atom is -0.374 e. The molecule has 0 spiro atoms. The van der Waals surface area contributed by atoms with Crippen LogP contribution in [-0.4, -0.2) is 53.6 Å². The fourth-order valence-corrected chi connectivity index (χ4v) is 1.80. The molecule has 1 saturated heterocycles. The summed E-state index contributed by atoms with van der Waals surface area (Å²) in [5.74, 6) is 0. The Morgan fingerprint density at radius 2 is 2.18 bits per heavy atom. The predicted octanol–water partition coefficient (Wildman–Crippen LogP) is 0.386. The number of nitrogens with zero attached hydrogens (tertiary/aromatic N) is 3. The van der Waals surface area contributed by atoms with Crippen molar-refractivity contribution in [2.45, 2.75) is 12.6 Å². The van der Waals surface area contributed by atoms with E-state index < -0.39 is 0 Å². The van der Waals surface area contributed by atoms with Crippen molar-refractivity contribution in [3.8, 4) is 0 Å². The van der Waals surface area contributed by atoms with Gasteiger partial charge < -0.3 is 10.5 Å². The topological polar surface area (TPSA) is 56.3 Å². The molecule has 7 heteroatoms. The van der Waals surface area contributed by atoms with Gasteiger partial charge >= 0.3 is 0 Å². The van der Waals surface area contributed by atoms with Crippen molar-refractivity contribution in [3.05, 3.63) is 18.5 Å². The van der Waals surface area contributed by atoms with Crippen molar-refractivity contribution in [2.75, 3.05) is 32.8 Å². The first-order valence-corrected chi connectivity index (χ1v) is 5.40. The normalized spacial score (nSPS) is 20.4. The molecule has 1 unspecified atom stereocenters. The van der Waals surface area contributed by atoms with E-state index in [0.717, 1.165) is 32.8 Å². The number of nitrogens with two attached hydrogens (primary N) is 1. The minimum absolute atomic E-state index is 0. The molecule has 2 heterocycles. The van der Waals surface area contributed by atoms with Gasteiger partial charge in [0.1, 0.15) is 0 Å². The molecule has 1 fully saturated rings. The van der Waals surface area contributed by atoms with E-state index in [-0.39, 0.29) is 30.9 Å². The molecular formula is C10H20Cl2N4O. The van der Waals surface area contributed by atoms with Gasteiger partial charge in [0, 0.05) is 38.6 Å². The third-order valence-corrected chi connectivity index (χ3v) is 2.69. The van der Waals surface area contributed by atoms with Gasteiger partial charge in [0.05, 0.1) is 19.3 Å². The zero-order valence-electron chi connectivity index (χ0n) is 9.70. The van der Waals surface area contributed by atoms with Gasteiger partial charge in [-0.25, -0.2) is 0 Å². The molecule has 100 valence electrons. The maximum atomic E-state index is 5.59. The Morgan fingerprint density at radius 3 is 2.82 bits per heavy atom. The van der Waals surface area contributed by atoms with Crippen LogP contribution in [0.3, 0.4) is 0 Å². The monoisotopic (exact) mass is 282 g/mol. The summed E-state index contributed by atoms with van der Waals surface area (Å²) in [6.07, 6.45) is 4.00. The summed E-state index contributed by atoms with van der Waals surface area (Å²) in [5.41, 5.74) is 5.59. The predicted molar refractivity (Wildman–Crippen MR) is 72.0 cm³/mol. The summed E-state index contributed by atoms with van der Waals surface area (Å²) in [6, 6.07) is 1.95. The Morgan fingerprint density at radius 1 is 1.35 bits per heavy atom. The summed E-state index contributed by atoms with van der Waals surface area (Å²) in [6.45, 7) is 5.29. The molecule has 1 atom stereocenters. The zero-order valence-corrected chi connectivity index (χ0v) is 11.3. The number of hydrogen-bond donors (Lipinski definition) is 1. The van der Waals surface area contributed by atoms with Crippen molar-refractivity contribution in [2.24, 2.45) is 5.73 Å². The zero-order chi connectivity index (χ0) is 10.5. The van der Waals surface area contributed by atoms with Gasteiger partial charge in [0.25, 0.3) is 0 Å². The molecule has 2 N–H and O–H groups in total. The second kappa shape index (κ2) is 8.72. The van der Waals surface area contributed by atoms with Crippen molar-refractivity contribution in [1.82, 2.24) is 14.7 Å². The minimum atomic E-state index is 0. The van der Waals surface area contributed by atoms with E-state index in [9.17, 15) is 0 Å². The molecule has 0 aliphatic carbocycles. The fraction of sp³-hybridized carbons (Fsp3) is 0.700. The van der Waals surface area contributed by atoms with Gasteiger partial charge in [-0.15, -0.1) is 24.8 Å². The molecule has 0 bridgehead atoms. The summed E-state index contributed by atoms with van der Waals surface area (Å²) in [7, 11) is 0. The van der Waals surface area contributed by atoms with Gasteiger partial charge in [-0.3, -0.25) is 9.58 Å². The molecule has 5 nitrogen and oxygen atoms in total.